The van der Waals surface area contributed by atoms with Crippen LogP contribution in [0.1, 0.15) is 36.1 Å². The molecule has 1 heteroatoms. The van der Waals surface area contributed by atoms with E-state index in [-0.39, 0.29) is 0 Å². The van der Waals surface area contributed by atoms with Crippen LogP contribution in [0.2, 0.25) is 0 Å². The molecule has 1 aliphatic carbocycles. The molecule has 0 heterocycles. The van der Waals surface area contributed by atoms with Crippen LogP contribution in [0.3, 0.4) is 0 Å². The van der Waals surface area contributed by atoms with Crippen LogP contribution in [-0.4, -0.2) is 6.04 Å². The molecular formula is C15H23N. The van der Waals surface area contributed by atoms with Crippen molar-refractivity contribution in [1.82, 2.24) is 0 Å². The fourth-order valence-electron chi connectivity index (χ4n) is 2.93. The molecule has 0 aliphatic heterocycles. The predicted octanol–water partition coefficient (Wildman–Crippen LogP) is 3.14. The van der Waals surface area contributed by atoms with E-state index in [1.54, 1.807) is 0 Å². The lowest BCUT2D eigenvalue weighted by molar-refractivity contribution is 0.550. The maximum absolute atomic E-state index is 6.12. The first-order valence-corrected chi connectivity index (χ1v) is 6.16. The van der Waals surface area contributed by atoms with E-state index in [0.29, 0.717) is 17.4 Å². The Kier molecular flexibility index (Phi) is 2.62. The number of nitrogens with two attached hydrogens (primary N) is 1. The summed E-state index contributed by atoms with van der Waals surface area (Å²) >= 11 is 0. The van der Waals surface area contributed by atoms with Gasteiger partial charge in [0.05, 0.1) is 0 Å². The van der Waals surface area contributed by atoms with E-state index in [2.05, 4.69) is 46.8 Å². The molecule has 0 spiro atoms. The number of hydrogen-bond acceptors (Lipinski definition) is 1. The molecule has 1 nitrogen and oxygen atoms in total. The van der Waals surface area contributed by atoms with Gasteiger partial charge in [-0.15, -0.1) is 0 Å². The van der Waals surface area contributed by atoms with E-state index in [1.165, 1.54) is 22.3 Å². The van der Waals surface area contributed by atoms with Crippen molar-refractivity contribution in [2.75, 3.05) is 0 Å². The number of aryl methyl sites for hydroxylation is 3. The summed E-state index contributed by atoms with van der Waals surface area (Å²) in [5, 5.41) is 0. The molecule has 0 unspecified atom stereocenters. The summed E-state index contributed by atoms with van der Waals surface area (Å²) in [6.45, 7) is 11.2. The van der Waals surface area contributed by atoms with Crippen LogP contribution < -0.4 is 5.73 Å². The van der Waals surface area contributed by atoms with Crippen molar-refractivity contribution in [3.05, 3.63) is 34.4 Å². The normalized spacial score (nSPS) is 26.9. The average molecular weight is 217 g/mol. The lowest BCUT2D eigenvalue weighted by Crippen LogP contribution is -2.07. The summed E-state index contributed by atoms with van der Waals surface area (Å²) in [7, 11) is 0. The number of hydrogen-bond donors (Lipinski definition) is 1. The minimum Gasteiger partial charge on any atom is -0.327 e. The Balaban J connectivity index is 2.24. The van der Waals surface area contributed by atoms with Crippen molar-refractivity contribution in [3.63, 3.8) is 0 Å². The zero-order valence-corrected chi connectivity index (χ0v) is 11.1. The first-order valence-electron chi connectivity index (χ1n) is 6.16. The van der Waals surface area contributed by atoms with Crippen LogP contribution >= 0.6 is 0 Å². The van der Waals surface area contributed by atoms with Gasteiger partial charge in [0.25, 0.3) is 0 Å². The van der Waals surface area contributed by atoms with Gasteiger partial charge in [-0.1, -0.05) is 31.5 Å². The minimum atomic E-state index is 0.337. The highest BCUT2D eigenvalue weighted by Gasteiger charge is 2.54. The van der Waals surface area contributed by atoms with Crippen molar-refractivity contribution in [2.45, 2.75) is 47.1 Å². The van der Waals surface area contributed by atoms with Gasteiger partial charge < -0.3 is 5.73 Å². The molecule has 2 atom stereocenters. The highest BCUT2D eigenvalue weighted by Crippen LogP contribution is 2.52. The van der Waals surface area contributed by atoms with Crippen LogP contribution in [0, 0.1) is 32.1 Å². The van der Waals surface area contributed by atoms with Crippen molar-refractivity contribution < 1.29 is 0 Å². The number of benzene rings is 1. The van der Waals surface area contributed by atoms with Gasteiger partial charge in [-0.05, 0) is 55.2 Å². The predicted molar refractivity (Wildman–Crippen MR) is 69.6 cm³/mol. The van der Waals surface area contributed by atoms with Crippen molar-refractivity contribution in [3.8, 4) is 0 Å². The van der Waals surface area contributed by atoms with E-state index in [4.69, 9.17) is 5.73 Å². The maximum Gasteiger partial charge on any atom is 0.0131 e. The molecule has 2 rings (SSSR count). The molecular weight excluding hydrogens is 194 g/mol. The zero-order chi connectivity index (χ0) is 12.1. The smallest absolute Gasteiger partial charge is 0.0131 e. The summed E-state index contributed by atoms with van der Waals surface area (Å²) in [6, 6.07) is 4.94. The summed E-state index contributed by atoms with van der Waals surface area (Å²) in [5.74, 6) is 0.660. The molecule has 0 saturated heterocycles. The topological polar surface area (TPSA) is 26.0 Å². The molecule has 16 heavy (non-hydrogen) atoms. The summed E-state index contributed by atoms with van der Waals surface area (Å²) < 4.78 is 0. The Morgan fingerprint density at radius 2 is 1.56 bits per heavy atom. The van der Waals surface area contributed by atoms with Gasteiger partial charge in [-0.2, -0.15) is 0 Å². The molecule has 1 aromatic carbocycles. The third kappa shape index (κ3) is 1.78. The average Bonchev–Trinajstić information content (AvgIpc) is 2.60. The van der Waals surface area contributed by atoms with Crippen LogP contribution in [0.5, 0.6) is 0 Å². The monoisotopic (exact) mass is 217 g/mol. The van der Waals surface area contributed by atoms with E-state index < -0.39 is 0 Å². The van der Waals surface area contributed by atoms with E-state index in [9.17, 15) is 0 Å². The second-order valence-corrected chi connectivity index (χ2v) is 6.04. The largest absolute Gasteiger partial charge is 0.327 e. The summed E-state index contributed by atoms with van der Waals surface area (Å²) in [5.41, 5.74) is 12.2. The lowest BCUT2D eigenvalue weighted by atomic mass is 9.94. The van der Waals surface area contributed by atoms with Crippen molar-refractivity contribution >= 4 is 0 Å². The van der Waals surface area contributed by atoms with Crippen LogP contribution in [0.25, 0.3) is 0 Å². The third-order valence-corrected chi connectivity index (χ3v) is 4.40. The quantitative estimate of drug-likeness (QED) is 0.809. The second-order valence-electron chi connectivity index (χ2n) is 6.04. The molecule has 0 amide bonds. The van der Waals surface area contributed by atoms with Gasteiger partial charge in [-0.25, -0.2) is 0 Å². The van der Waals surface area contributed by atoms with Gasteiger partial charge in [-0.3, -0.25) is 0 Å². The van der Waals surface area contributed by atoms with Gasteiger partial charge in [0.1, 0.15) is 0 Å². The summed E-state index contributed by atoms with van der Waals surface area (Å²) in [4.78, 5) is 0. The highest BCUT2D eigenvalue weighted by molar-refractivity contribution is 5.39. The second kappa shape index (κ2) is 3.59. The molecule has 1 saturated carbocycles. The molecule has 1 aromatic rings. The highest BCUT2D eigenvalue weighted by atomic mass is 14.8. The molecule has 0 bridgehead atoms. The molecule has 1 fully saturated rings. The SMILES string of the molecule is Cc1cc(C)c(C[C@H]2[C@H](N)C2(C)C)c(C)c1. The van der Waals surface area contributed by atoms with Crippen LogP contribution in [0.15, 0.2) is 12.1 Å². The van der Waals surface area contributed by atoms with Gasteiger partial charge in [0, 0.05) is 6.04 Å². The van der Waals surface area contributed by atoms with Crippen LogP contribution in [0.4, 0.5) is 0 Å². The molecule has 88 valence electrons. The van der Waals surface area contributed by atoms with Gasteiger partial charge in [0.2, 0.25) is 0 Å². The fraction of sp³-hybridized carbons (Fsp3) is 0.600. The first-order chi connectivity index (χ1) is 7.34. The Morgan fingerprint density at radius 1 is 1.12 bits per heavy atom. The van der Waals surface area contributed by atoms with Crippen LogP contribution in [-0.2, 0) is 6.42 Å². The molecule has 0 radical (unpaired) electrons. The molecule has 0 aromatic heterocycles. The van der Waals surface area contributed by atoms with Gasteiger partial charge >= 0.3 is 0 Å². The van der Waals surface area contributed by atoms with E-state index in [1.807, 2.05) is 0 Å². The zero-order valence-electron chi connectivity index (χ0n) is 11.1. The Bertz CT molecular complexity index is 394. The first kappa shape index (κ1) is 11.7. The Morgan fingerprint density at radius 3 is 1.94 bits per heavy atom. The van der Waals surface area contributed by atoms with Crippen molar-refractivity contribution in [2.24, 2.45) is 17.1 Å². The third-order valence-electron chi connectivity index (χ3n) is 4.40. The lowest BCUT2D eigenvalue weighted by Gasteiger charge is -2.12. The van der Waals surface area contributed by atoms with E-state index >= 15 is 0 Å². The Labute approximate surface area is 99.0 Å². The fourth-order valence-corrected chi connectivity index (χ4v) is 2.93. The summed E-state index contributed by atoms with van der Waals surface area (Å²) in [6.07, 6.45) is 1.14. The molecule has 2 N–H and O–H groups in total. The Hall–Kier alpha value is -0.820. The standard InChI is InChI=1S/C15H23N/c1-9-6-10(2)12(11(3)7-9)8-13-14(16)15(13,4)5/h6-7,13-14H,8,16H2,1-5H3/t13-,14-/m0/s1. The minimum absolute atomic E-state index is 0.337. The van der Waals surface area contributed by atoms with Crippen molar-refractivity contribution in [1.29, 1.82) is 0 Å². The van der Waals surface area contributed by atoms with Gasteiger partial charge in [0.15, 0.2) is 0 Å². The van der Waals surface area contributed by atoms with E-state index in [0.717, 1.165) is 6.42 Å². The molecule has 1 aliphatic rings. The number of rotatable bonds is 2. The maximum atomic E-state index is 6.12.